The summed E-state index contributed by atoms with van der Waals surface area (Å²) in [5, 5.41) is 17.4. The maximum absolute atomic E-state index is 11.9. The fraction of sp³-hybridized carbons (Fsp3) is 0.727. The maximum atomic E-state index is 11.9. The second-order valence-electron chi connectivity index (χ2n) is 4.24. The lowest BCUT2D eigenvalue weighted by molar-refractivity contribution is -0.143. The van der Waals surface area contributed by atoms with E-state index in [1.807, 2.05) is 6.07 Å². The van der Waals surface area contributed by atoms with Crippen molar-refractivity contribution in [2.24, 2.45) is 5.92 Å². The molecule has 0 aromatic heterocycles. The van der Waals surface area contributed by atoms with Gasteiger partial charge in [-0.15, -0.1) is 0 Å². The van der Waals surface area contributed by atoms with Crippen LogP contribution < -0.4 is 0 Å². The van der Waals surface area contributed by atoms with Crippen LogP contribution in [0.15, 0.2) is 0 Å². The summed E-state index contributed by atoms with van der Waals surface area (Å²) in [6.45, 7) is 1.24. The van der Waals surface area contributed by atoms with E-state index in [9.17, 15) is 9.59 Å². The van der Waals surface area contributed by atoms with Crippen molar-refractivity contribution in [1.29, 1.82) is 5.26 Å². The number of nitrogens with zero attached hydrogens (tertiary/aromatic N) is 3. The lowest BCUT2D eigenvalue weighted by Gasteiger charge is -2.33. The Hall–Kier alpha value is -1.77. The Labute approximate surface area is 100 Å². The summed E-state index contributed by atoms with van der Waals surface area (Å²) >= 11 is 0. The van der Waals surface area contributed by atoms with Crippen LogP contribution >= 0.6 is 0 Å². The number of likely N-dealkylation sites (tertiary alicyclic amines) is 1. The number of carboxylic acids is 1. The summed E-state index contributed by atoms with van der Waals surface area (Å²) in [6, 6.07) is 1.79. The molecule has 1 saturated heterocycles. The van der Waals surface area contributed by atoms with Crippen LogP contribution in [0.4, 0.5) is 4.79 Å². The molecule has 0 spiro atoms. The molecule has 1 fully saturated rings. The number of carbonyl (C=O) groups is 2. The molecule has 6 nitrogen and oxygen atoms in total. The Morgan fingerprint density at radius 3 is 2.88 bits per heavy atom. The maximum Gasteiger partial charge on any atom is 0.319 e. The summed E-state index contributed by atoms with van der Waals surface area (Å²) in [6.07, 6.45) is 1.63. The van der Waals surface area contributed by atoms with Gasteiger partial charge < -0.3 is 14.9 Å². The highest BCUT2D eigenvalue weighted by Gasteiger charge is 2.29. The van der Waals surface area contributed by atoms with Crippen LogP contribution in [0.1, 0.15) is 19.3 Å². The minimum Gasteiger partial charge on any atom is -0.481 e. The van der Waals surface area contributed by atoms with Crippen LogP contribution in [0.2, 0.25) is 0 Å². The largest absolute Gasteiger partial charge is 0.481 e. The van der Waals surface area contributed by atoms with E-state index in [2.05, 4.69) is 0 Å². The zero-order chi connectivity index (χ0) is 12.8. The highest BCUT2D eigenvalue weighted by molar-refractivity contribution is 5.76. The average Bonchev–Trinajstić information content (AvgIpc) is 2.35. The molecular weight excluding hydrogens is 222 g/mol. The van der Waals surface area contributed by atoms with E-state index in [4.69, 9.17) is 10.4 Å². The van der Waals surface area contributed by atoms with E-state index in [1.54, 1.807) is 11.9 Å². The van der Waals surface area contributed by atoms with Crippen molar-refractivity contribution < 1.29 is 14.7 Å². The van der Waals surface area contributed by atoms with Crippen molar-refractivity contribution in [3.63, 3.8) is 0 Å². The lowest BCUT2D eigenvalue weighted by Crippen LogP contribution is -2.47. The van der Waals surface area contributed by atoms with E-state index < -0.39 is 11.9 Å². The standard InChI is InChI=1S/C11H17N3O3/c1-13(6-3-5-12)11(17)14-7-2-4-9(8-14)10(15)16/h9H,2-4,6-8H2,1H3,(H,15,16)/t9-/m0/s1. The normalized spacial score (nSPS) is 19.5. The first-order valence-electron chi connectivity index (χ1n) is 5.66. The predicted molar refractivity (Wildman–Crippen MR) is 60.2 cm³/mol. The van der Waals surface area contributed by atoms with Crippen molar-refractivity contribution in [2.45, 2.75) is 19.3 Å². The SMILES string of the molecule is CN(CCC#N)C(=O)N1CCC[C@H](C(=O)O)C1. The third kappa shape index (κ3) is 3.63. The fourth-order valence-electron chi connectivity index (χ4n) is 1.91. The molecule has 1 atom stereocenters. The number of rotatable bonds is 3. The molecule has 94 valence electrons. The predicted octanol–water partition coefficient (Wildman–Crippen LogP) is 0.748. The fourth-order valence-corrected chi connectivity index (χ4v) is 1.91. The number of hydrogen-bond acceptors (Lipinski definition) is 3. The third-order valence-electron chi connectivity index (χ3n) is 2.93. The Morgan fingerprint density at radius 1 is 1.59 bits per heavy atom. The van der Waals surface area contributed by atoms with Crippen LogP contribution in [0.5, 0.6) is 0 Å². The summed E-state index contributed by atoms with van der Waals surface area (Å²) in [7, 11) is 1.63. The van der Waals surface area contributed by atoms with Gasteiger partial charge in [-0.25, -0.2) is 4.79 Å². The van der Waals surface area contributed by atoms with Crippen LogP contribution in [-0.2, 0) is 4.79 Å². The van der Waals surface area contributed by atoms with Crippen molar-refractivity contribution in [2.75, 3.05) is 26.7 Å². The highest BCUT2D eigenvalue weighted by atomic mass is 16.4. The smallest absolute Gasteiger partial charge is 0.319 e. The molecule has 1 heterocycles. The average molecular weight is 239 g/mol. The number of hydrogen-bond donors (Lipinski definition) is 1. The minimum atomic E-state index is -0.845. The first-order chi connectivity index (χ1) is 8.06. The third-order valence-corrected chi connectivity index (χ3v) is 2.93. The molecule has 6 heteroatoms. The number of piperidine rings is 1. The first kappa shape index (κ1) is 13.3. The van der Waals surface area contributed by atoms with Gasteiger partial charge in [0.15, 0.2) is 0 Å². The molecule has 1 rings (SSSR count). The summed E-state index contributed by atoms with van der Waals surface area (Å²) in [5.74, 6) is -1.31. The van der Waals surface area contributed by atoms with E-state index >= 15 is 0 Å². The topological polar surface area (TPSA) is 84.6 Å². The summed E-state index contributed by atoms with van der Waals surface area (Å²) in [5.41, 5.74) is 0. The number of amides is 2. The quantitative estimate of drug-likeness (QED) is 0.787. The van der Waals surface area contributed by atoms with Gasteiger partial charge in [-0.2, -0.15) is 5.26 Å². The summed E-state index contributed by atoms with van der Waals surface area (Å²) < 4.78 is 0. The molecule has 0 aromatic carbocycles. The Bertz CT molecular complexity index is 337. The molecule has 1 aliphatic rings. The van der Waals surface area contributed by atoms with Gasteiger partial charge in [0, 0.05) is 26.7 Å². The Morgan fingerprint density at radius 2 is 2.29 bits per heavy atom. The molecule has 0 unspecified atom stereocenters. The molecular formula is C11H17N3O3. The van der Waals surface area contributed by atoms with Gasteiger partial charge >= 0.3 is 12.0 Å². The van der Waals surface area contributed by atoms with E-state index in [0.29, 0.717) is 25.9 Å². The molecule has 1 N–H and O–H groups in total. The van der Waals surface area contributed by atoms with E-state index in [0.717, 1.165) is 6.42 Å². The van der Waals surface area contributed by atoms with Crippen molar-refractivity contribution in [1.82, 2.24) is 9.80 Å². The van der Waals surface area contributed by atoms with Crippen molar-refractivity contribution >= 4 is 12.0 Å². The van der Waals surface area contributed by atoms with Crippen LogP contribution in [0.25, 0.3) is 0 Å². The van der Waals surface area contributed by atoms with Gasteiger partial charge in [0.25, 0.3) is 0 Å². The lowest BCUT2D eigenvalue weighted by atomic mass is 9.99. The molecule has 1 aliphatic heterocycles. The Balaban J connectivity index is 2.51. The van der Waals surface area contributed by atoms with Crippen molar-refractivity contribution in [3.8, 4) is 6.07 Å². The number of nitriles is 1. The Kier molecular flexibility index (Phi) is 4.76. The molecule has 0 aliphatic carbocycles. The molecule has 17 heavy (non-hydrogen) atoms. The second-order valence-corrected chi connectivity index (χ2v) is 4.24. The zero-order valence-corrected chi connectivity index (χ0v) is 9.93. The molecule has 0 radical (unpaired) electrons. The minimum absolute atomic E-state index is 0.189. The van der Waals surface area contributed by atoms with Crippen LogP contribution in [0, 0.1) is 17.2 Å². The van der Waals surface area contributed by atoms with Crippen LogP contribution in [0.3, 0.4) is 0 Å². The van der Waals surface area contributed by atoms with Gasteiger partial charge in [0.1, 0.15) is 0 Å². The van der Waals surface area contributed by atoms with E-state index in [-0.39, 0.29) is 12.6 Å². The monoisotopic (exact) mass is 239 g/mol. The number of carboxylic acid groups (broad SMARTS) is 1. The second kappa shape index (κ2) is 6.09. The number of urea groups is 1. The van der Waals surface area contributed by atoms with Gasteiger partial charge in [-0.05, 0) is 12.8 Å². The van der Waals surface area contributed by atoms with Gasteiger partial charge in [0.2, 0.25) is 0 Å². The molecule has 0 aromatic rings. The zero-order valence-electron chi connectivity index (χ0n) is 9.93. The van der Waals surface area contributed by atoms with Gasteiger partial charge in [0.05, 0.1) is 18.4 Å². The highest BCUT2D eigenvalue weighted by Crippen LogP contribution is 2.17. The van der Waals surface area contributed by atoms with Crippen molar-refractivity contribution in [3.05, 3.63) is 0 Å². The summed E-state index contributed by atoms with van der Waals surface area (Å²) in [4.78, 5) is 25.8. The first-order valence-corrected chi connectivity index (χ1v) is 5.66. The molecule has 0 saturated carbocycles. The van der Waals surface area contributed by atoms with Gasteiger partial charge in [-0.3, -0.25) is 4.79 Å². The van der Waals surface area contributed by atoms with Crippen LogP contribution in [-0.4, -0.2) is 53.6 Å². The van der Waals surface area contributed by atoms with E-state index in [1.165, 1.54) is 4.90 Å². The molecule has 0 bridgehead atoms. The number of aliphatic carboxylic acids is 1. The van der Waals surface area contributed by atoms with Gasteiger partial charge in [-0.1, -0.05) is 0 Å². The number of carbonyl (C=O) groups excluding carboxylic acids is 1. The molecule has 2 amide bonds.